The molecule has 0 amide bonds. The molecule has 1 aliphatic heterocycles. The predicted molar refractivity (Wildman–Crippen MR) is 124 cm³/mol. The summed E-state index contributed by atoms with van der Waals surface area (Å²) in [7, 11) is 0. The Labute approximate surface area is 171 Å². The van der Waals surface area contributed by atoms with Crippen LogP contribution in [-0.4, -0.2) is 26.3 Å². The van der Waals surface area contributed by atoms with Crippen molar-refractivity contribution in [2.24, 2.45) is 0 Å². The molecule has 1 saturated heterocycles. The summed E-state index contributed by atoms with van der Waals surface area (Å²) >= 11 is 0. The van der Waals surface area contributed by atoms with Crippen LogP contribution < -0.4 is 10.6 Å². The van der Waals surface area contributed by atoms with Gasteiger partial charge in [-0.1, -0.05) is 54.1 Å². The van der Waals surface area contributed by atoms with Crippen LogP contribution in [0.5, 0.6) is 0 Å². The van der Waals surface area contributed by atoms with Gasteiger partial charge in [0, 0.05) is 35.6 Å². The van der Waals surface area contributed by atoms with Gasteiger partial charge in [0.15, 0.2) is 0 Å². The standard InChI is InChI=1S/C26H26N2O/c1-17-7-9-22-20(15-17)8-10-23(28-11-13-29-14-12-28)24(22)25-21-6-4-3-5-19(21)16-18(2)26(25)27/h3-10,15-16H,11-14,27H2,1-2H3. The Morgan fingerprint density at radius 1 is 0.793 bits per heavy atom. The molecule has 0 aromatic heterocycles. The molecule has 4 aromatic rings. The molecule has 29 heavy (non-hydrogen) atoms. The molecule has 0 radical (unpaired) electrons. The zero-order valence-corrected chi connectivity index (χ0v) is 17.0. The molecule has 1 heterocycles. The van der Waals surface area contributed by atoms with E-state index in [0.717, 1.165) is 43.1 Å². The number of rotatable bonds is 2. The summed E-state index contributed by atoms with van der Waals surface area (Å²) in [5.74, 6) is 0. The lowest BCUT2D eigenvalue weighted by Crippen LogP contribution is -2.36. The number of nitrogens with two attached hydrogens (primary N) is 1. The van der Waals surface area contributed by atoms with Crippen LogP contribution in [0.25, 0.3) is 32.7 Å². The molecule has 4 aromatic carbocycles. The summed E-state index contributed by atoms with van der Waals surface area (Å²) in [6, 6.07) is 22.0. The number of fused-ring (bicyclic) bond motifs is 2. The van der Waals surface area contributed by atoms with Crippen molar-refractivity contribution in [3.63, 3.8) is 0 Å². The quantitative estimate of drug-likeness (QED) is 0.452. The highest BCUT2D eigenvalue weighted by molar-refractivity contribution is 6.14. The van der Waals surface area contributed by atoms with Crippen molar-refractivity contribution in [3.05, 3.63) is 71.8 Å². The Balaban J connectivity index is 1.91. The van der Waals surface area contributed by atoms with Crippen molar-refractivity contribution in [2.75, 3.05) is 36.9 Å². The Hall–Kier alpha value is -3.04. The largest absolute Gasteiger partial charge is 0.398 e. The van der Waals surface area contributed by atoms with E-state index in [2.05, 4.69) is 79.4 Å². The first-order valence-electron chi connectivity index (χ1n) is 10.3. The number of nitrogen functional groups attached to an aromatic ring is 1. The number of hydrogen-bond donors (Lipinski definition) is 1. The lowest BCUT2D eigenvalue weighted by Gasteiger charge is -2.32. The minimum absolute atomic E-state index is 0.759. The zero-order chi connectivity index (χ0) is 20.0. The zero-order valence-electron chi connectivity index (χ0n) is 17.0. The maximum atomic E-state index is 6.76. The number of nitrogens with zero attached hydrogens (tertiary/aromatic N) is 1. The summed E-state index contributed by atoms with van der Waals surface area (Å²) in [6.45, 7) is 7.56. The number of morpholine rings is 1. The molecule has 1 fully saturated rings. The van der Waals surface area contributed by atoms with Crippen molar-refractivity contribution in [1.29, 1.82) is 0 Å². The highest BCUT2D eigenvalue weighted by Gasteiger charge is 2.21. The van der Waals surface area contributed by atoms with Crippen LogP contribution in [-0.2, 0) is 4.74 Å². The third-order valence-corrected chi connectivity index (χ3v) is 6.05. The highest BCUT2D eigenvalue weighted by atomic mass is 16.5. The molecule has 5 rings (SSSR count). The second-order valence-electron chi connectivity index (χ2n) is 7.99. The topological polar surface area (TPSA) is 38.5 Å². The first kappa shape index (κ1) is 18.0. The van der Waals surface area contributed by atoms with E-state index in [1.807, 2.05) is 0 Å². The highest BCUT2D eigenvalue weighted by Crippen LogP contribution is 2.45. The molecule has 0 bridgehead atoms. The Kier molecular flexibility index (Phi) is 4.40. The van der Waals surface area contributed by atoms with Crippen LogP contribution >= 0.6 is 0 Å². The van der Waals surface area contributed by atoms with Crippen LogP contribution in [0, 0.1) is 13.8 Å². The predicted octanol–water partition coefficient (Wildman–Crippen LogP) is 5.70. The van der Waals surface area contributed by atoms with Gasteiger partial charge < -0.3 is 15.4 Å². The van der Waals surface area contributed by atoms with Crippen LogP contribution in [0.4, 0.5) is 11.4 Å². The molecule has 146 valence electrons. The number of anilines is 2. The van der Waals surface area contributed by atoms with Crippen LogP contribution in [0.15, 0.2) is 60.7 Å². The van der Waals surface area contributed by atoms with E-state index < -0.39 is 0 Å². The number of aryl methyl sites for hydroxylation is 2. The van der Waals surface area contributed by atoms with Gasteiger partial charge >= 0.3 is 0 Å². The van der Waals surface area contributed by atoms with E-state index in [1.165, 1.54) is 38.4 Å². The summed E-state index contributed by atoms with van der Waals surface area (Å²) in [4.78, 5) is 2.44. The van der Waals surface area contributed by atoms with E-state index in [1.54, 1.807) is 0 Å². The number of hydrogen-bond acceptors (Lipinski definition) is 3. The number of ether oxygens (including phenoxy) is 1. The van der Waals surface area contributed by atoms with Gasteiger partial charge in [-0.05, 0) is 53.1 Å². The van der Waals surface area contributed by atoms with Crippen LogP contribution in [0.2, 0.25) is 0 Å². The molecule has 0 atom stereocenters. The average molecular weight is 383 g/mol. The fourth-order valence-electron chi connectivity index (χ4n) is 4.54. The van der Waals surface area contributed by atoms with E-state index in [-0.39, 0.29) is 0 Å². The summed E-state index contributed by atoms with van der Waals surface area (Å²) in [6.07, 6.45) is 0. The maximum absolute atomic E-state index is 6.76. The molecule has 0 saturated carbocycles. The van der Waals surface area contributed by atoms with Gasteiger partial charge in [0.05, 0.1) is 13.2 Å². The first-order chi connectivity index (χ1) is 14.1. The molecule has 3 nitrogen and oxygen atoms in total. The van der Waals surface area contributed by atoms with E-state index in [4.69, 9.17) is 10.5 Å². The normalized spacial score (nSPS) is 14.6. The molecular formula is C26H26N2O. The molecular weight excluding hydrogens is 356 g/mol. The van der Waals surface area contributed by atoms with Gasteiger partial charge in [-0.2, -0.15) is 0 Å². The van der Waals surface area contributed by atoms with E-state index in [9.17, 15) is 0 Å². The van der Waals surface area contributed by atoms with Gasteiger partial charge in [-0.15, -0.1) is 0 Å². The minimum atomic E-state index is 0.759. The van der Waals surface area contributed by atoms with Crippen molar-refractivity contribution in [3.8, 4) is 11.1 Å². The van der Waals surface area contributed by atoms with E-state index in [0.29, 0.717) is 0 Å². The fourth-order valence-corrected chi connectivity index (χ4v) is 4.54. The Morgan fingerprint density at radius 2 is 1.52 bits per heavy atom. The molecule has 2 N–H and O–H groups in total. The Morgan fingerprint density at radius 3 is 2.34 bits per heavy atom. The van der Waals surface area contributed by atoms with Crippen molar-refractivity contribution in [1.82, 2.24) is 0 Å². The fraction of sp³-hybridized carbons (Fsp3) is 0.231. The third-order valence-electron chi connectivity index (χ3n) is 6.05. The molecule has 0 spiro atoms. The Bertz CT molecular complexity index is 1220. The van der Waals surface area contributed by atoms with E-state index >= 15 is 0 Å². The molecule has 1 aliphatic rings. The smallest absolute Gasteiger partial charge is 0.0642 e. The van der Waals surface area contributed by atoms with Gasteiger partial charge in [0.25, 0.3) is 0 Å². The minimum Gasteiger partial charge on any atom is -0.398 e. The first-order valence-corrected chi connectivity index (χ1v) is 10.3. The lowest BCUT2D eigenvalue weighted by atomic mass is 9.88. The third kappa shape index (κ3) is 3.02. The summed E-state index contributed by atoms with van der Waals surface area (Å²) in [5.41, 5.74) is 13.6. The lowest BCUT2D eigenvalue weighted by molar-refractivity contribution is 0.123. The van der Waals surface area contributed by atoms with Crippen LogP contribution in [0.1, 0.15) is 11.1 Å². The molecule has 3 heteroatoms. The molecule has 0 unspecified atom stereocenters. The van der Waals surface area contributed by atoms with Crippen molar-refractivity contribution in [2.45, 2.75) is 13.8 Å². The second-order valence-corrected chi connectivity index (χ2v) is 7.99. The summed E-state index contributed by atoms with van der Waals surface area (Å²) < 4.78 is 5.62. The monoisotopic (exact) mass is 382 g/mol. The summed E-state index contributed by atoms with van der Waals surface area (Å²) in [5, 5.41) is 4.94. The van der Waals surface area contributed by atoms with Gasteiger partial charge in [-0.25, -0.2) is 0 Å². The second kappa shape index (κ2) is 7.09. The SMILES string of the molecule is Cc1ccc2c(-c3c(N)c(C)cc4ccccc34)c(N3CCOCC3)ccc2c1. The molecule has 0 aliphatic carbocycles. The van der Waals surface area contributed by atoms with Crippen LogP contribution in [0.3, 0.4) is 0 Å². The number of benzene rings is 4. The van der Waals surface area contributed by atoms with Gasteiger partial charge in [0.2, 0.25) is 0 Å². The van der Waals surface area contributed by atoms with Gasteiger partial charge in [0.1, 0.15) is 0 Å². The van der Waals surface area contributed by atoms with Crippen molar-refractivity contribution < 1.29 is 4.74 Å². The average Bonchev–Trinajstić information content (AvgIpc) is 2.75. The van der Waals surface area contributed by atoms with Gasteiger partial charge in [-0.3, -0.25) is 0 Å². The maximum Gasteiger partial charge on any atom is 0.0642 e. The van der Waals surface area contributed by atoms with Crippen molar-refractivity contribution >= 4 is 32.9 Å².